The average Bonchev–Trinajstić information content (AvgIpc) is 3.42. The number of hydrogen-bond acceptors (Lipinski definition) is 6. The molecule has 4 aromatic rings. The molecular weight excluding hydrogens is 597 g/mol. The maximum Gasteiger partial charge on any atom is 0.266 e. The lowest BCUT2D eigenvalue weighted by Crippen LogP contribution is -2.31. The number of amides is 1. The van der Waals surface area contributed by atoms with Crippen molar-refractivity contribution in [1.82, 2.24) is 19.0 Å². The zero-order chi connectivity index (χ0) is 30.0. The summed E-state index contributed by atoms with van der Waals surface area (Å²) in [6.45, 7) is 3.03. The van der Waals surface area contributed by atoms with Gasteiger partial charge in [0, 0.05) is 30.4 Å². The first-order valence-corrected chi connectivity index (χ1v) is 17.1. The highest BCUT2D eigenvalue weighted by molar-refractivity contribution is 8.26. The van der Waals surface area contributed by atoms with Crippen LogP contribution >= 0.6 is 24.0 Å². The molecule has 7 nitrogen and oxygen atoms in total. The van der Waals surface area contributed by atoms with E-state index in [0.29, 0.717) is 39.1 Å². The molecule has 43 heavy (non-hydrogen) atoms. The minimum absolute atomic E-state index is 0.165. The van der Waals surface area contributed by atoms with Crippen LogP contribution in [0.3, 0.4) is 0 Å². The zero-order valence-electron chi connectivity index (χ0n) is 23.8. The van der Waals surface area contributed by atoms with Gasteiger partial charge in [-0.2, -0.15) is 9.40 Å². The van der Waals surface area contributed by atoms with E-state index in [9.17, 15) is 13.2 Å². The van der Waals surface area contributed by atoms with Crippen LogP contribution in [-0.4, -0.2) is 50.7 Å². The molecule has 220 valence electrons. The number of aromatic nitrogens is 2. The third-order valence-electron chi connectivity index (χ3n) is 7.85. The van der Waals surface area contributed by atoms with Crippen molar-refractivity contribution in [1.29, 1.82) is 0 Å². The highest BCUT2D eigenvalue weighted by Gasteiger charge is 2.36. The smallest absolute Gasteiger partial charge is 0.266 e. The number of thiocarbonyl (C=S) groups is 1. The third-order valence-corrected chi connectivity index (χ3v) is 11.1. The van der Waals surface area contributed by atoms with Crippen molar-refractivity contribution in [2.24, 2.45) is 0 Å². The lowest BCUT2D eigenvalue weighted by molar-refractivity contribution is -0.123. The van der Waals surface area contributed by atoms with Crippen LogP contribution in [-0.2, 0) is 14.8 Å². The molecule has 10 heteroatoms. The minimum Gasteiger partial charge on any atom is -0.286 e. The van der Waals surface area contributed by atoms with Crippen molar-refractivity contribution in [3.05, 3.63) is 107 Å². The van der Waals surface area contributed by atoms with Gasteiger partial charge in [0.1, 0.15) is 10.0 Å². The van der Waals surface area contributed by atoms with Crippen LogP contribution in [0.4, 0.5) is 0 Å². The Kier molecular flexibility index (Phi) is 8.63. The summed E-state index contributed by atoms with van der Waals surface area (Å²) in [5.74, 6) is -0.165. The predicted molar refractivity (Wildman–Crippen MR) is 176 cm³/mol. The first-order valence-electron chi connectivity index (χ1n) is 14.4. The fourth-order valence-corrected chi connectivity index (χ4v) is 8.47. The van der Waals surface area contributed by atoms with Gasteiger partial charge >= 0.3 is 0 Å². The summed E-state index contributed by atoms with van der Waals surface area (Å²) in [5.41, 5.74) is 3.78. The first-order chi connectivity index (χ1) is 20.8. The van der Waals surface area contributed by atoms with Crippen LogP contribution in [0.1, 0.15) is 49.8 Å². The summed E-state index contributed by atoms with van der Waals surface area (Å²) in [6.07, 6.45) is 7.51. The molecule has 3 heterocycles. The number of hydrogen-bond donors (Lipinski definition) is 0. The fraction of sp³-hybridized carbons (Fsp3) is 0.242. The van der Waals surface area contributed by atoms with E-state index in [0.717, 1.165) is 36.9 Å². The predicted octanol–water partition coefficient (Wildman–Crippen LogP) is 7.07. The van der Waals surface area contributed by atoms with E-state index in [1.807, 2.05) is 85.9 Å². The molecule has 3 aromatic carbocycles. The van der Waals surface area contributed by atoms with Crippen LogP contribution in [0.2, 0.25) is 0 Å². The van der Waals surface area contributed by atoms with E-state index in [1.165, 1.54) is 11.8 Å². The molecule has 0 bridgehead atoms. The second kappa shape index (κ2) is 12.6. The Hall–Kier alpha value is -3.57. The monoisotopic (exact) mass is 628 g/mol. The van der Waals surface area contributed by atoms with Crippen LogP contribution in [0.5, 0.6) is 0 Å². The Morgan fingerprint density at radius 3 is 2.28 bits per heavy atom. The topological polar surface area (TPSA) is 75.5 Å². The number of nitrogens with zero attached hydrogens (tertiary/aromatic N) is 4. The van der Waals surface area contributed by atoms with E-state index in [-0.39, 0.29) is 16.8 Å². The van der Waals surface area contributed by atoms with Gasteiger partial charge < -0.3 is 0 Å². The minimum atomic E-state index is -3.65. The van der Waals surface area contributed by atoms with Crippen molar-refractivity contribution >= 4 is 50.3 Å². The molecule has 6 rings (SSSR count). The Morgan fingerprint density at radius 2 is 1.58 bits per heavy atom. The number of sulfonamides is 1. The zero-order valence-corrected chi connectivity index (χ0v) is 26.2. The largest absolute Gasteiger partial charge is 0.286 e. The van der Waals surface area contributed by atoms with Gasteiger partial charge in [0.25, 0.3) is 5.91 Å². The molecule has 1 unspecified atom stereocenters. The van der Waals surface area contributed by atoms with Crippen molar-refractivity contribution in [3.8, 4) is 16.9 Å². The molecule has 0 saturated carbocycles. The molecule has 0 spiro atoms. The molecule has 1 atom stereocenters. The van der Waals surface area contributed by atoms with Crippen LogP contribution in [0.15, 0.2) is 101 Å². The summed E-state index contributed by atoms with van der Waals surface area (Å²) in [6, 6.07) is 26.2. The van der Waals surface area contributed by atoms with Gasteiger partial charge in [0.15, 0.2) is 0 Å². The normalized spacial score (nSPS) is 18.3. The van der Waals surface area contributed by atoms with E-state index in [4.69, 9.17) is 17.3 Å². The molecule has 2 aliphatic rings. The molecule has 0 radical (unpaired) electrons. The second-order valence-corrected chi connectivity index (χ2v) is 14.3. The van der Waals surface area contributed by atoms with Gasteiger partial charge in [0.05, 0.1) is 21.5 Å². The summed E-state index contributed by atoms with van der Waals surface area (Å²) in [7, 11) is -3.65. The second-order valence-electron chi connectivity index (χ2n) is 10.7. The summed E-state index contributed by atoms with van der Waals surface area (Å²) in [4.78, 5) is 16.1. The Bertz CT molecular complexity index is 1780. The van der Waals surface area contributed by atoms with E-state index in [2.05, 4.69) is 0 Å². The number of carbonyl (C=O) groups is 1. The van der Waals surface area contributed by atoms with Gasteiger partial charge in [-0.25, -0.2) is 13.1 Å². The number of para-hydroxylation sites is 1. The standard InChI is InChI=1S/C33H32N4O3S3/c1-24(25-13-6-4-7-14-25)37-32(38)30(42-33(37)41)22-27-23-36(28-16-8-5-9-17-28)34-31(27)26-15-12-18-29(21-26)43(39,40)35-19-10-2-3-11-20-35/h4-9,12-18,21-24H,2-3,10-11,19-20H2,1H3. The number of benzene rings is 3. The molecule has 2 aliphatic heterocycles. The average molecular weight is 629 g/mol. The van der Waals surface area contributed by atoms with Gasteiger partial charge in [-0.05, 0) is 55.7 Å². The Balaban J connectivity index is 1.39. The molecule has 0 N–H and O–H groups in total. The molecule has 0 aliphatic carbocycles. The summed E-state index contributed by atoms with van der Waals surface area (Å²) in [5, 5.41) is 4.89. The maximum absolute atomic E-state index is 13.7. The number of carbonyl (C=O) groups excluding carboxylic acids is 1. The molecular formula is C33H32N4O3S3. The Morgan fingerprint density at radius 1 is 0.907 bits per heavy atom. The fourth-order valence-electron chi connectivity index (χ4n) is 5.50. The number of rotatable bonds is 7. The number of thioether (sulfide) groups is 1. The maximum atomic E-state index is 13.7. The van der Waals surface area contributed by atoms with Gasteiger partial charge in [0.2, 0.25) is 10.0 Å². The van der Waals surface area contributed by atoms with Crippen molar-refractivity contribution in [2.45, 2.75) is 43.5 Å². The van der Waals surface area contributed by atoms with E-state index in [1.54, 1.807) is 32.1 Å². The Labute approximate surface area is 262 Å². The lowest BCUT2D eigenvalue weighted by atomic mass is 10.1. The highest BCUT2D eigenvalue weighted by atomic mass is 32.2. The van der Waals surface area contributed by atoms with Crippen molar-refractivity contribution in [3.63, 3.8) is 0 Å². The highest BCUT2D eigenvalue weighted by Crippen LogP contribution is 2.39. The summed E-state index contributed by atoms with van der Waals surface area (Å²) < 4.78 is 31.1. The van der Waals surface area contributed by atoms with Crippen molar-refractivity contribution < 1.29 is 13.2 Å². The van der Waals surface area contributed by atoms with Gasteiger partial charge in [-0.3, -0.25) is 9.69 Å². The molecule has 1 amide bonds. The molecule has 1 aromatic heterocycles. The van der Waals surface area contributed by atoms with E-state index >= 15 is 0 Å². The molecule has 2 saturated heterocycles. The quantitative estimate of drug-likeness (QED) is 0.161. The SMILES string of the molecule is CC(c1ccccc1)N1C(=O)C(=Cc2cn(-c3ccccc3)nc2-c2cccc(S(=O)(=O)N3CCCCCC3)c2)SC1=S. The van der Waals surface area contributed by atoms with Crippen LogP contribution in [0, 0.1) is 0 Å². The first kappa shape index (κ1) is 29.5. The van der Waals surface area contributed by atoms with Crippen LogP contribution < -0.4 is 0 Å². The van der Waals surface area contributed by atoms with Crippen molar-refractivity contribution in [2.75, 3.05) is 13.1 Å². The summed E-state index contributed by atoms with van der Waals surface area (Å²) >= 11 is 6.93. The van der Waals surface area contributed by atoms with Crippen LogP contribution in [0.25, 0.3) is 23.0 Å². The van der Waals surface area contributed by atoms with Gasteiger partial charge in [-0.15, -0.1) is 0 Å². The van der Waals surface area contributed by atoms with E-state index < -0.39 is 10.0 Å². The van der Waals surface area contributed by atoms with Gasteiger partial charge in [-0.1, -0.05) is 97.5 Å². The lowest BCUT2D eigenvalue weighted by Gasteiger charge is -2.23. The molecule has 2 fully saturated rings. The third kappa shape index (κ3) is 6.10.